The monoisotopic (exact) mass is 512 g/mol. The van der Waals surface area contributed by atoms with Crippen molar-refractivity contribution in [3.8, 4) is 0 Å². The smallest absolute Gasteiger partial charge is 0.279 e. The van der Waals surface area contributed by atoms with Gasteiger partial charge in [-0.15, -0.1) is 0 Å². The van der Waals surface area contributed by atoms with Gasteiger partial charge < -0.3 is 22.2 Å². The van der Waals surface area contributed by atoms with Gasteiger partial charge in [-0.2, -0.15) is 0 Å². The van der Waals surface area contributed by atoms with E-state index in [0.717, 1.165) is 18.5 Å². The number of rotatable bonds is 13. The quantitative estimate of drug-likeness (QED) is 0.189. The average Bonchev–Trinajstić information content (AvgIpc) is 2.79. The van der Waals surface area contributed by atoms with E-state index in [1.165, 1.54) is 37.7 Å². The Morgan fingerprint density at radius 3 is 2.03 bits per heavy atom. The van der Waals surface area contributed by atoms with Gasteiger partial charge in [-0.1, -0.05) is 83.7 Å². The zero-order chi connectivity index (χ0) is 25.9. The van der Waals surface area contributed by atoms with Crippen LogP contribution in [0.15, 0.2) is 54.6 Å². The molecular formula is C31H45ClN2O2. The number of halogens is 1. The lowest BCUT2D eigenvalue weighted by atomic mass is 9.87. The van der Waals surface area contributed by atoms with Gasteiger partial charge in [0.1, 0.15) is 0 Å². The molecule has 2 aromatic carbocycles. The maximum atomic E-state index is 12.6. The van der Waals surface area contributed by atoms with Crippen LogP contribution in [0.1, 0.15) is 87.7 Å². The number of carbonyl (C=O) groups is 2. The first kappa shape index (κ1) is 31.6. The van der Waals surface area contributed by atoms with Gasteiger partial charge >= 0.3 is 0 Å². The molecule has 2 aromatic rings. The summed E-state index contributed by atoms with van der Waals surface area (Å²) in [5, 5.41) is 2.97. The van der Waals surface area contributed by atoms with Gasteiger partial charge in [0.25, 0.3) is 5.91 Å². The van der Waals surface area contributed by atoms with Crippen LogP contribution in [-0.2, 0) is 10.2 Å². The number of ketones is 1. The number of nitrogens with one attached hydrogen (secondary N) is 1. The lowest BCUT2D eigenvalue weighted by Gasteiger charge is -2.29. The summed E-state index contributed by atoms with van der Waals surface area (Å²) in [7, 11) is 4.22. The van der Waals surface area contributed by atoms with E-state index in [9.17, 15) is 9.59 Å². The van der Waals surface area contributed by atoms with Crippen LogP contribution >= 0.6 is 0 Å². The third kappa shape index (κ3) is 11.5. The molecule has 0 aliphatic heterocycles. The highest BCUT2D eigenvalue weighted by molar-refractivity contribution is 6.07. The predicted octanol–water partition coefficient (Wildman–Crippen LogP) is 4.26. The van der Waals surface area contributed by atoms with Crippen LogP contribution in [0.3, 0.4) is 0 Å². The van der Waals surface area contributed by atoms with E-state index < -0.39 is 0 Å². The molecule has 0 aromatic heterocycles. The van der Waals surface area contributed by atoms with E-state index in [4.69, 9.17) is 0 Å². The number of unbranched alkanes of at least 4 members (excludes halogenated alkanes) is 5. The fourth-order valence-electron chi connectivity index (χ4n) is 4.07. The number of carbonyl (C=O) groups excluding carboxylic acids is 2. The van der Waals surface area contributed by atoms with E-state index in [1.54, 1.807) is 30.3 Å². The van der Waals surface area contributed by atoms with Crippen LogP contribution in [0.4, 0.5) is 5.69 Å². The normalized spacial score (nSPS) is 11.8. The summed E-state index contributed by atoms with van der Waals surface area (Å²) < 4.78 is 0.678. The molecule has 4 nitrogen and oxygen atoms in total. The molecule has 0 spiro atoms. The fraction of sp³-hybridized carbons (Fsp3) is 0.484. The zero-order valence-electron chi connectivity index (χ0n) is 23.1. The van der Waals surface area contributed by atoms with Crippen LogP contribution in [0, 0.1) is 0 Å². The van der Waals surface area contributed by atoms with Crippen molar-refractivity contribution in [2.24, 2.45) is 0 Å². The highest BCUT2D eigenvalue weighted by Gasteiger charge is 2.19. The van der Waals surface area contributed by atoms with Crippen molar-refractivity contribution in [3.05, 3.63) is 71.3 Å². The molecular weight excluding hydrogens is 468 g/mol. The first-order valence-electron chi connectivity index (χ1n) is 13.0. The van der Waals surface area contributed by atoms with Crippen molar-refractivity contribution in [3.63, 3.8) is 0 Å². The maximum Gasteiger partial charge on any atom is 0.279 e. The number of amides is 1. The van der Waals surface area contributed by atoms with Gasteiger partial charge in [0.05, 0.1) is 20.6 Å². The summed E-state index contributed by atoms with van der Waals surface area (Å²) in [6.45, 7) is 10.2. The van der Waals surface area contributed by atoms with Gasteiger partial charge in [-0.3, -0.25) is 9.59 Å². The summed E-state index contributed by atoms with van der Waals surface area (Å²) in [6, 6.07) is 15.4. The standard InChI is InChI=1S/C31H44N2O2.ClH/c1-7-8-9-10-11-12-23-33(5,6)24-30(35)32-28-20-16-26(17-21-28)29(34)22-15-25-13-18-27(19-14-25)31(2,3)4;/h13-22H,7-12,23-24H2,1-6H3;1H/b22-15+;. The largest absolute Gasteiger partial charge is 1.00 e. The van der Waals surface area contributed by atoms with Crippen LogP contribution in [0.5, 0.6) is 0 Å². The summed E-state index contributed by atoms with van der Waals surface area (Å²) in [4.78, 5) is 25.1. The number of likely N-dealkylation sites (N-methyl/N-ethyl adjacent to an activating group) is 1. The van der Waals surface area contributed by atoms with Crippen molar-refractivity contribution >= 4 is 23.5 Å². The molecule has 1 N–H and O–H groups in total. The Kier molecular flexibility index (Phi) is 13.1. The second kappa shape index (κ2) is 15.0. The molecule has 0 aliphatic rings. The highest BCUT2D eigenvalue weighted by atomic mass is 35.5. The van der Waals surface area contributed by atoms with E-state index in [2.05, 4.69) is 59.2 Å². The van der Waals surface area contributed by atoms with E-state index in [-0.39, 0.29) is 29.5 Å². The Balaban J connectivity index is 0.00000648. The van der Waals surface area contributed by atoms with Gasteiger partial charge in [0.15, 0.2) is 12.3 Å². The zero-order valence-corrected chi connectivity index (χ0v) is 23.8. The topological polar surface area (TPSA) is 46.2 Å². The Morgan fingerprint density at radius 2 is 1.44 bits per heavy atom. The van der Waals surface area contributed by atoms with Crippen molar-refractivity contribution in [2.45, 2.75) is 71.6 Å². The number of quaternary nitrogens is 1. The molecule has 2 rings (SSSR count). The van der Waals surface area contributed by atoms with Crippen LogP contribution in [0.25, 0.3) is 6.08 Å². The van der Waals surface area contributed by atoms with Gasteiger partial charge in [-0.25, -0.2) is 0 Å². The fourth-order valence-corrected chi connectivity index (χ4v) is 4.07. The number of allylic oxidation sites excluding steroid dienone is 1. The minimum absolute atomic E-state index is 0. The van der Waals surface area contributed by atoms with Crippen molar-refractivity contribution in [1.29, 1.82) is 0 Å². The lowest BCUT2D eigenvalue weighted by molar-refractivity contribution is -0.882. The van der Waals surface area contributed by atoms with Crippen molar-refractivity contribution < 1.29 is 26.5 Å². The van der Waals surface area contributed by atoms with Crippen LogP contribution in [-0.4, -0.2) is 43.4 Å². The maximum absolute atomic E-state index is 12.6. The Hall–Kier alpha value is -2.43. The van der Waals surface area contributed by atoms with Crippen molar-refractivity contribution in [2.75, 3.05) is 32.5 Å². The van der Waals surface area contributed by atoms with E-state index >= 15 is 0 Å². The molecule has 0 radical (unpaired) electrons. The number of benzene rings is 2. The summed E-state index contributed by atoms with van der Waals surface area (Å²) in [6.07, 6.45) is 11.0. The molecule has 1 amide bonds. The predicted molar refractivity (Wildman–Crippen MR) is 149 cm³/mol. The number of nitrogens with zero attached hydrogens (tertiary/aromatic N) is 1. The SMILES string of the molecule is CCCCCCCC[N+](C)(C)CC(=O)Nc1ccc(C(=O)/C=C/c2ccc(C(C)(C)C)cc2)cc1.[Cl-]. The molecule has 0 saturated heterocycles. The third-order valence-corrected chi connectivity index (χ3v) is 6.35. The van der Waals surface area contributed by atoms with E-state index in [1.807, 2.05) is 18.2 Å². The summed E-state index contributed by atoms with van der Waals surface area (Å²) in [5.74, 6) is -0.0572. The number of hydrogen-bond donors (Lipinski definition) is 1. The van der Waals surface area contributed by atoms with Gasteiger partial charge in [0.2, 0.25) is 0 Å². The second-order valence-electron chi connectivity index (χ2n) is 11.3. The number of hydrogen-bond acceptors (Lipinski definition) is 2. The minimum atomic E-state index is -0.0560. The second-order valence-corrected chi connectivity index (χ2v) is 11.3. The van der Waals surface area contributed by atoms with Crippen molar-refractivity contribution in [1.82, 2.24) is 0 Å². The minimum Gasteiger partial charge on any atom is -1.00 e. The Labute approximate surface area is 225 Å². The molecule has 36 heavy (non-hydrogen) atoms. The number of anilines is 1. The Bertz CT molecular complexity index is 971. The van der Waals surface area contributed by atoms with Gasteiger partial charge in [-0.05, 0) is 59.7 Å². The third-order valence-electron chi connectivity index (χ3n) is 6.35. The first-order valence-corrected chi connectivity index (χ1v) is 13.0. The van der Waals surface area contributed by atoms with Crippen LogP contribution < -0.4 is 17.7 Å². The molecule has 0 atom stereocenters. The average molecular weight is 513 g/mol. The lowest BCUT2D eigenvalue weighted by Crippen LogP contribution is -3.00. The first-order chi connectivity index (χ1) is 16.5. The molecule has 0 heterocycles. The summed E-state index contributed by atoms with van der Waals surface area (Å²) >= 11 is 0. The van der Waals surface area contributed by atoms with Crippen LogP contribution in [0.2, 0.25) is 0 Å². The molecule has 0 fully saturated rings. The molecule has 0 aliphatic carbocycles. The molecule has 0 saturated carbocycles. The van der Waals surface area contributed by atoms with Gasteiger partial charge in [0, 0.05) is 11.3 Å². The van der Waals surface area contributed by atoms with E-state index in [0.29, 0.717) is 22.3 Å². The Morgan fingerprint density at radius 1 is 0.861 bits per heavy atom. The highest BCUT2D eigenvalue weighted by Crippen LogP contribution is 2.22. The summed E-state index contributed by atoms with van der Waals surface area (Å²) in [5.41, 5.74) is 3.69. The molecule has 198 valence electrons. The molecule has 0 bridgehead atoms. The molecule has 0 unspecified atom stereocenters. The molecule has 5 heteroatoms.